The van der Waals surface area contributed by atoms with Crippen LogP contribution in [0.15, 0.2) is 36.5 Å². The number of amides is 2. The van der Waals surface area contributed by atoms with Crippen molar-refractivity contribution < 1.29 is 9.59 Å². The van der Waals surface area contributed by atoms with E-state index in [9.17, 15) is 9.59 Å². The van der Waals surface area contributed by atoms with Crippen LogP contribution in [0.3, 0.4) is 0 Å². The molecular weight excluding hydrogens is 266 g/mol. The fourth-order valence-electron chi connectivity index (χ4n) is 2.61. The highest BCUT2D eigenvalue weighted by molar-refractivity contribution is 6.03. The summed E-state index contributed by atoms with van der Waals surface area (Å²) in [7, 11) is 0. The van der Waals surface area contributed by atoms with Crippen molar-refractivity contribution in [1.82, 2.24) is 4.98 Å². The molecular formula is C16H17N3O2. The number of anilines is 2. The first-order chi connectivity index (χ1) is 10.1. The lowest BCUT2D eigenvalue weighted by Gasteiger charge is -2.19. The SMILES string of the molecule is Cc1cc(NC(=O)c2ccc[nH]2)ccc1N1CCCC1=O. The van der Waals surface area contributed by atoms with Gasteiger partial charge in [0.25, 0.3) is 5.91 Å². The maximum Gasteiger partial charge on any atom is 0.272 e. The highest BCUT2D eigenvalue weighted by atomic mass is 16.2. The molecule has 2 amide bonds. The highest BCUT2D eigenvalue weighted by Gasteiger charge is 2.23. The molecule has 1 aromatic carbocycles. The van der Waals surface area contributed by atoms with E-state index in [1.807, 2.05) is 30.0 Å². The first-order valence-electron chi connectivity index (χ1n) is 7.01. The standard InChI is InChI=1S/C16H17N3O2/c1-11-10-12(18-16(21)13-4-2-8-17-13)6-7-14(11)19-9-3-5-15(19)20/h2,4,6-8,10,17H,3,5,9H2,1H3,(H,18,21). The van der Waals surface area contributed by atoms with Crippen LogP contribution in [-0.4, -0.2) is 23.3 Å². The second kappa shape index (κ2) is 5.44. The fourth-order valence-corrected chi connectivity index (χ4v) is 2.61. The van der Waals surface area contributed by atoms with Gasteiger partial charge in [0.2, 0.25) is 5.91 Å². The molecule has 3 rings (SSSR count). The second-order valence-corrected chi connectivity index (χ2v) is 5.19. The Morgan fingerprint density at radius 2 is 2.19 bits per heavy atom. The Bertz CT molecular complexity index is 677. The molecule has 108 valence electrons. The van der Waals surface area contributed by atoms with E-state index in [1.165, 1.54) is 0 Å². The topological polar surface area (TPSA) is 65.2 Å². The third-order valence-corrected chi connectivity index (χ3v) is 3.66. The smallest absolute Gasteiger partial charge is 0.272 e. The fraction of sp³-hybridized carbons (Fsp3) is 0.250. The number of carbonyl (C=O) groups excluding carboxylic acids is 2. The van der Waals surface area contributed by atoms with E-state index in [0.29, 0.717) is 12.1 Å². The van der Waals surface area contributed by atoms with Crippen molar-refractivity contribution in [3.63, 3.8) is 0 Å². The maximum atomic E-state index is 12.0. The zero-order valence-corrected chi connectivity index (χ0v) is 11.8. The van der Waals surface area contributed by atoms with Crippen LogP contribution in [0.25, 0.3) is 0 Å². The number of nitrogens with one attached hydrogen (secondary N) is 2. The first-order valence-corrected chi connectivity index (χ1v) is 7.01. The van der Waals surface area contributed by atoms with E-state index in [4.69, 9.17) is 0 Å². The number of H-pyrrole nitrogens is 1. The van der Waals surface area contributed by atoms with Crippen molar-refractivity contribution in [1.29, 1.82) is 0 Å². The van der Waals surface area contributed by atoms with Crippen molar-refractivity contribution in [2.75, 3.05) is 16.8 Å². The number of hydrogen-bond donors (Lipinski definition) is 2. The zero-order chi connectivity index (χ0) is 14.8. The van der Waals surface area contributed by atoms with Gasteiger partial charge >= 0.3 is 0 Å². The van der Waals surface area contributed by atoms with E-state index in [2.05, 4.69) is 10.3 Å². The number of aryl methyl sites for hydroxylation is 1. The molecule has 0 atom stereocenters. The van der Waals surface area contributed by atoms with Crippen LogP contribution in [0.1, 0.15) is 28.9 Å². The minimum Gasteiger partial charge on any atom is -0.357 e. The minimum absolute atomic E-state index is 0.168. The van der Waals surface area contributed by atoms with E-state index >= 15 is 0 Å². The van der Waals surface area contributed by atoms with Gasteiger partial charge in [-0.15, -0.1) is 0 Å². The van der Waals surface area contributed by atoms with Gasteiger partial charge < -0.3 is 15.2 Å². The van der Waals surface area contributed by atoms with Crippen LogP contribution in [0, 0.1) is 6.92 Å². The number of rotatable bonds is 3. The van der Waals surface area contributed by atoms with Crippen molar-refractivity contribution >= 4 is 23.2 Å². The molecule has 1 fully saturated rings. The molecule has 1 aromatic heterocycles. The average Bonchev–Trinajstić information content (AvgIpc) is 3.10. The Kier molecular flexibility index (Phi) is 3.48. The predicted octanol–water partition coefficient (Wildman–Crippen LogP) is 2.70. The average molecular weight is 283 g/mol. The van der Waals surface area contributed by atoms with Crippen LogP contribution in [0.5, 0.6) is 0 Å². The summed E-state index contributed by atoms with van der Waals surface area (Å²) in [6.07, 6.45) is 3.23. The summed E-state index contributed by atoms with van der Waals surface area (Å²) in [5.41, 5.74) is 3.15. The first kappa shape index (κ1) is 13.4. The van der Waals surface area contributed by atoms with Gasteiger partial charge in [-0.3, -0.25) is 9.59 Å². The summed E-state index contributed by atoms with van der Waals surface area (Å²) in [6, 6.07) is 9.11. The van der Waals surface area contributed by atoms with Gasteiger partial charge in [-0.05, 0) is 49.2 Å². The second-order valence-electron chi connectivity index (χ2n) is 5.19. The zero-order valence-electron chi connectivity index (χ0n) is 11.8. The molecule has 2 N–H and O–H groups in total. The summed E-state index contributed by atoms with van der Waals surface area (Å²) in [6.45, 7) is 2.72. The number of benzene rings is 1. The van der Waals surface area contributed by atoms with Gasteiger partial charge in [-0.25, -0.2) is 0 Å². The largest absolute Gasteiger partial charge is 0.357 e. The molecule has 5 nitrogen and oxygen atoms in total. The number of aromatic nitrogens is 1. The van der Waals surface area contributed by atoms with Gasteiger partial charge in [0.05, 0.1) is 0 Å². The molecule has 5 heteroatoms. The molecule has 0 saturated carbocycles. The Morgan fingerprint density at radius 3 is 2.81 bits per heavy atom. The molecule has 2 heterocycles. The van der Waals surface area contributed by atoms with Gasteiger partial charge in [0, 0.05) is 30.5 Å². The maximum absolute atomic E-state index is 12.0. The monoisotopic (exact) mass is 283 g/mol. The van der Waals surface area contributed by atoms with Crippen LogP contribution < -0.4 is 10.2 Å². The molecule has 0 spiro atoms. The molecule has 0 bridgehead atoms. The van der Waals surface area contributed by atoms with E-state index in [0.717, 1.165) is 29.9 Å². The van der Waals surface area contributed by atoms with Crippen LogP contribution in [-0.2, 0) is 4.79 Å². The Morgan fingerprint density at radius 1 is 1.33 bits per heavy atom. The van der Waals surface area contributed by atoms with Crippen molar-refractivity contribution in [2.45, 2.75) is 19.8 Å². The van der Waals surface area contributed by atoms with Crippen molar-refractivity contribution in [3.8, 4) is 0 Å². The molecule has 0 radical (unpaired) electrons. The summed E-state index contributed by atoms with van der Waals surface area (Å²) in [5.74, 6) is -0.00864. The molecule has 1 aliphatic rings. The number of nitrogens with zero attached hydrogens (tertiary/aromatic N) is 1. The molecule has 21 heavy (non-hydrogen) atoms. The molecule has 2 aromatic rings. The van der Waals surface area contributed by atoms with Crippen LogP contribution >= 0.6 is 0 Å². The summed E-state index contributed by atoms with van der Waals surface area (Å²) in [4.78, 5) is 28.5. The lowest BCUT2D eigenvalue weighted by atomic mass is 10.1. The van der Waals surface area contributed by atoms with Gasteiger partial charge in [0.1, 0.15) is 5.69 Å². The Hall–Kier alpha value is -2.56. The lowest BCUT2D eigenvalue weighted by Crippen LogP contribution is -2.24. The normalized spacial score (nSPS) is 14.5. The summed E-state index contributed by atoms with van der Waals surface area (Å²) < 4.78 is 0. The third kappa shape index (κ3) is 2.67. The van der Waals surface area contributed by atoms with Crippen LogP contribution in [0.2, 0.25) is 0 Å². The van der Waals surface area contributed by atoms with Crippen molar-refractivity contribution in [3.05, 3.63) is 47.8 Å². The van der Waals surface area contributed by atoms with Crippen LogP contribution in [0.4, 0.5) is 11.4 Å². The number of carbonyl (C=O) groups is 2. The quantitative estimate of drug-likeness (QED) is 0.909. The molecule has 0 unspecified atom stereocenters. The molecule has 0 aliphatic carbocycles. The van der Waals surface area contributed by atoms with Gasteiger partial charge in [-0.1, -0.05) is 0 Å². The van der Waals surface area contributed by atoms with Gasteiger partial charge in [-0.2, -0.15) is 0 Å². The molecule has 1 aliphatic heterocycles. The van der Waals surface area contributed by atoms with E-state index in [-0.39, 0.29) is 11.8 Å². The minimum atomic E-state index is -0.176. The Balaban J connectivity index is 1.78. The summed E-state index contributed by atoms with van der Waals surface area (Å²) in [5, 5.41) is 2.84. The van der Waals surface area contributed by atoms with Crippen molar-refractivity contribution in [2.24, 2.45) is 0 Å². The van der Waals surface area contributed by atoms with E-state index < -0.39 is 0 Å². The Labute approximate surface area is 123 Å². The molecule has 1 saturated heterocycles. The van der Waals surface area contributed by atoms with E-state index in [1.54, 1.807) is 18.3 Å². The highest BCUT2D eigenvalue weighted by Crippen LogP contribution is 2.27. The third-order valence-electron chi connectivity index (χ3n) is 3.66. The lowest BCUT2D eigenvalue weighted by molar-refractivity contribution is -0.117. The predicted molar refractivity (Wildman–Crippen MR) is 81.5 cm³/mol. The number of aromatic amines is 1. The van der Waals surface area contributed by atoms with Gasteiger partial charge in [0.15, 0.2) is 0 Å². The summed E-state index contributed by atoms with van der Waals surface area (Å²) >= 11 is 0. The number of hydrogen-bond acceptors (Lipinski definition) is 2.